The van der Waals surface area contributed by atoms with Gasteiger partial charge in [0.05, 0.1) is 11.5 Å². The molecule has 1 amide bonds. The van der Waals surface area contributed by atoms with Crippen molar-refractivity contribution in [1.29, 1.82) is 0 Å². The molecular formula is C16H25N5O3S. The topological polar surface area (TPSA) is 86.7 Å². The van der Waals surface area contributed by atoms with Crippen molar-refractivity contribution >= 4 is 21.6 Å². The Bertz CT molecular complexity index is 714. The molecule has 3 heterocycles. The molecule has 1 atom stereocenters. The molecule has 0 saturated carbocycles. The van der Waals surface area contributed by atoms with Gasteiger partial charge in [0.1, 0.15) is 0 Å². The number of carbonyl (C=O) groups excluding carboxylic acids is 1. The van der Waals surface area contributed by atoms with E-state index in [0.717, 1.165) is 38.5 Å². The molecule has 1 unspecified atom stereocenters. The number of anilines is 1. The molecule has 0 radical (unpaired) electrons. The van der Waals surface area contributed by atoms with Crippen LogP contribution >= 0.6 is 0 Å². The first-order chi connectivity index (χ1) is 11.9. The molecule has 25 heavy (non-hydrogen) atoms. The zero-order valence-electron chi connectivity index (χ0n) is 14.8. The highest BCUT2D eigenvalue weighted by Gasteiger charge is 2.33. The summed E-state index contributed by atoms with van der Waals surface area (Å²) >= 11 is 0. The number of hydrogen-bond donors (Lipinski definition) is 0. The quantitative estimate of drug-likeness (QED) is 0.733. The number of nitrogens with zero attached hydrogens (tertiary/aromatic N) is 5. The molecule has 0 spiro atoms. The summed E-state index contributed by atoms with van der Waals surface area (Å²) in [6.07, 6.45) is 0.484. The van der Waals surface area contributed by atoms with Crippen LogP contribution < -0.4 is 4.90 Å². The number of likely N-dealkylation sites (N-methyl/N-ethyl adjacent to an activating group) is 1. The van der Waals surface area contributed by atoms with E-state index in [-0.39, 0.29) is 29.1 Å². The Morgan fingerprint density at radius 3 is 2.48 bits per heavy atom. The maximum Gasteiger partial charge on any atom is 0.274 e. The van der Waals surface area contributed by atoms with Gasteiger partial charge in [0.25, 0.3) is 5.91 Å². The van der Waals surface area contributed by atoms with Crippen LogP contribution in [0.15, 0.2) is 12.1 Å². The average Bonchev–Trinajstić information content (AvgIpc) is 3.00. The zero-order chi connectivity index (χ0) is 18.0. The molecule has 0 aromatic carbocycles. The second-order valence-corrected chi connectivity index (χ2v) is 8.90. The Labute approximate surface area is 148 Å². The summed E-state index contributed by atoms with van der Waals surface area (Å²) in [5, 5.41) is 8.28. The highest BCUT2D eigenvalue weighted by Crippen LogP contribution is 2.19. The molecule has 0 bridgehead atoms. The fraction of sp³-hybridized carbons (Fsp3) is 0.688. The number of amides is 1. The van der Waals surface area contributed by atoms with Crippen LogP contribution in [0.1, 0.15) is 23.8 Å². The second-order valence-electron chi connectivity index (χ2n) is 6.67. The number of rotatable bonds is 4. The van der Waals surface area contributed by atoms with Gasteiger partial charge < -0.3 is 14.7 Å². The van der Waals surface area contributed by atoms with E-state index in [9.17, 15) is 13.2 Å². The van der Waals surface area contributed by atoms with Gasteiger partial charge in [-0.1, -0.05) is 6.92 Å². The van der Waals surface area contributed by atoms with Crippen LogP contribution in [0.3, 0.4) is 0 Å². The monoisotopic (exact) mass is 367 g/mol. The SMILES string of the molecule is CCN1CCN(c2ccc(C(=O)N(C)C3CCS(=O)(=O)C3)nn2)CC1. The van der Waals surface area contributed by atoms with Gasteiger partial charge in [-0.3, -0.25) is 4.79 Å². The summed E-state index contributed by atoms with van der Waals surface area (Å²) in [6, 6.07) is 3.22. The molecule has 3 rings (SSSR count). The standard InChI is InChI=1S/C16H25N5O3S/c1-3-20-7-9-21(10-8-20)15-5-4-14(17-18-15)16(22)19(2)13-6-11-25(23,24)12-13/h4-5,13H,3,6-12H2,1-2H3. The lowest BCUT2D eigenvalue weighted by Gasteiger charge is -2.34. The molecule has 1 aromatic heterocycles. The molecule has 0 aliphatic carbocycles. The van der Waals surface area contributed by atoms with Gasteiger partial charge >= 0.3 is 0 Å². The summed E-state index contributed by atoms with van der Waals surface area (Å²) in [7, 11) is -1.39. The number of hydrogen-bond acceptors (Lipinski definition) is 7. The Morgan fingerprint density at radius 2 is 1.96 bits per heavy atom. The first-order valence-electron chi connectivity index (χ1n) is 8.68. The minimum Gasteiger partial charge on any atom is -0.353 e. The van der Waals surface area contributed by atoms with Crippen molar-refractivity contribution in [2.75, 3.05) is 56.2 Å². The van der Waals surface area contributed by atoms with Gasteiger partial charge in [-0.2, -0.15) is 0 Å². The van der Waals surface area contributed by atoms with Crippen LogP contribution in [0.5, 0.6) is 0 Å². The molecule has 9 heteroatoms. The Kier molecular flexibility index (Phi) is 5.24. The Morgan fingerprint density at radius 1 is 1.24 bits per heavy atom. The molecule has 1 aromatic rings. The lowest BCUT2D eigenvalue weighted by Crippen LogP contribution is -2.46. The predicted molar refractivity (Wildman–Crippen MR) is 95.5 cm³/mol. The van der Waals surface area contributed by atoms with Crippen LogP contribution in [-0.4, -0.2) is 91.6 Å². The van der Waals surface area contributed by atoms with Crippen molar-refractivity contribution in [2.45, 2.75) is 19.4 Å². The Balaban J connectivity index is 1.63. The lowest BCUT2D eigenvalue weighted by atomic mass is 10.2. The molecular weight excluding hydrogens is 342 g/mol. The Hall–Kier alpha value is -1.74. The maximum atomic E-state index is 12.5. The van der Waals surface area contributed by atoms with E-state index in [4.69, 9.17) is 0 Å². The third-order valence-corrected chi connectivity index (χ3v) is 6.84. The van der Waals surface area contributed by atoms with Gasteiger partial charge in [0, 0.05) is 39.3 Å². The molecule has 8 nitrogen and oxygen atoms in total. The van der Waals surface area contributed by atoms with Gasteiger partial charge in [0.15, 0.2) is 21.3 Å². The molecule has 2 saturated heterocycles. The second kappa shape index (κ2) is 7.25. The molecule has 0 N–H and O–H groups in total. The predicted octanol–water partition coefficient (Wildman–Crippen LogP) is -0.122. The first-order valence-corrected chi connectivity index (χ1v) is 10.5. The van der Waals surface area contributed by atoms with Gasteiger partial charge in [-0.15, -0.1) is 10.2 Å². The highest BCUT2D eigenvalue weighted by molar-refractivity contribution is 7.91. The molecule has 2 fully saturated rings. The van der Waals surface area contributed by atoms with Crippen LogP contribution in [0.25, 0.3) is 0 Å². The minimum atomic E-state index is -3.02. The maximum absolute atomic E-state index is 12.5. The normalized spacial score (nSPS) is 23.6. The average molecular weight is 367 g/mol. The summed E-state index contributed by atoms with van der Waals surface area (Å²) in [4.78, 5) is 18.5. The van der Waals surface area contributed by atoms with E-state index in [0.29, 0.717) is 6.42 Å². The van der Waals surface area contributed by atoms with Crippen LogP contribution in [0.4, 0.5) is 5.82 Å². The summed E-state index contributed by atoms with van der Waals surface area (Å²) in [5.41, 5.74) is 0.253. The fourth-order valence-corrected chi connectivity index (χ4v) is 5.10. The van der Waals surface area contributed by atoms with Gasteiger partial charge in [-0.05, 0) is 25.1 Å². The fourth-order valence-electron chi connectivity index (χ4n) is 3.33. The van der Waals surface area contributed by atoms with Crippen LogP contribution in [0, 0.1) is 0 Å². The van der Waals surface area contributed by atoms with E-state index in [1.807, 2.05) is 6.07 Å². The van der Waals surface area contributed by atoms with Crippen molar-refractivity contribution in [3.8, 4) is 0 Å². The van der Waals surface area contributed by atoms with Crippen molar-refractivity contribution in [2.24, 2.45) is 0 Å². The van der Waals surface area contributed by atoms with E-state index >= 15 is 0 Å². The third kappa shape index (κ3) is 4.09. The van der Waals surface area contributed by atoms with Gasteiger partial charge in [-0.25, -0.2) is 8.42 Å². The highest BCUT2D eigenvalue weighted by atomic mass is 32.2. The minimum absolute atomic E-state index is 0.0302. The van der Waals surface area contributed by atoms with Crippen molar-refractivity contribution in [1.82, 2.24) is 20.0 Å². The summed E-state index contributed by atoms with van der Waals surface area (Å²) in [5.74, 6) is 0.668. The summed E-state index contributed by atoms with van der Waals surface area (Å²) < 4.78 is 23.2. The van der Waals surface area contributed by atoms with E-state index < -0.39 is 9.84 Å². The van der Waals surface area contributed by atoms with Gasteiger partial charge in [0.2, 0.25) is 0 Å². The largest absolute Gasteiger partial charge is 0.353 e. The lowest BCUT2D eigenvalue weighted by molar-refractivity contribution is 0.0740. The van der Waals surface area contributed by atoms with E-state index in [2.05, 4.69) is 26.9 Å². The molecule has 138 valence electrons. The van der Waals surface area contributed by atoms with Crippen LogP contribution in [-0.2, 0) is 9.84 Å². The number of carbonyl (C=O) groups is 1. The first kappa shape index (κ1) is 18.1. The van der Waals surface area contributed by atoms with Crippen molar-refractivity contribution in [3.05, 3.63) is 17.8 Å². The van der Waals surface area contributed by atoms with Crippen molar-refractivity contribution < 1.29 is 13.2 Å². The molecule has 2 aliphatic heterocycles. The summed E-state index contributed by atoms with van der Waals surface area (Å²) in [6.45, 7) is 7.00. The van der Waals surface area contributed by atoms with E-state index in [1.54, 1.807) is 13.1 Å². The van der Waals surface area contributed by atoms with Crippen LogP contribution in [0.2, 0.25) is 0 Å². The van der Waals surface area contributed by atoms with Crippen molar-refractivity contribution in [3.63, 3.8) is 0 Å². The molecule has 2 aliphatic rings. The third-order valence-electron chi connectivity index (χ3n) is 5.09. The number of piperazine rings is 1. The van der Waals surface area contributed by atoms with E-state index in [1.165, 1.54) is 4.90 Å². The number of aromatic nitrogens is 2. The smallest absolute Gasteiger partial charge is 0.274 e. The number of sulfone groups is 1. The zero-order valence-corrected chi connectivity index (χ0v) is 15.6.